The largest absolute Gasteiger partial charge is 0.383 e. The van der Waals surface area contributed by atoms with E-state index in [1.54, 1.807) is 31.6 Å². The minimum absolute atomic E-state index is 0.174. The van der Waals surface area contributed by atoms with Crippen molar-refractivity contribution in [3.63, 3.8) is 0 Å². The van der Waals surface area contributed by atoms with Crippen LogP contribution in [-0.2, 0) is 35.3 Å². The van der Waals surface area contributed by atoms with Gasteiger partial charge in [0.15, 0.2) is 5.13 Å². The van der Waals surface area contributed by atoms with Crippen molar-refractivity contribution in [1.29, 1.82) is 0 Å². The fourth-order valence-corrected chi connectivity index (χ4v) is 5.66. The second-order valence-electron chi connectivity index (χ2n) is 8.92. The molecule has 1 aliphatic rings. The molecule has 0 unspecified atom stereocenters. The normalized spacial score (nSPS) is 12.1. The van der Waals surface area contributed by atoms with E-state index >= 15 is 0 Å². The van der Waals surface area contributed by atoms with Crippen LogP contribution in [0.4, 0.5) is 9.52 Å². The Hall–Kier alpha value is -3.96. The Kier molecular flexibility index (Phi) is 7.57. The number of thiazole rings is 1. The smallest absolute Gasteiger partial charge is 0.251 e. The van der Waals surface area contributed by atoms with Gasteiger partial charge in [0.2, 0.25) is 5.91 Å². The fourth-order valence-electron chi connectivity index (χ4n) is 4.53. The second kappa shape index (κ2) is 11.2. The van der Waals surface area contributed by atoms with E-state index in [-0.39, 0.29) is 17.4 Å². The summed E-state index contributed by atoms with van der Waals surface area (Å²) in [5.74, 6) is -0.959. The maximum Gasteiger partial charge on any atom is 0.251 e. The number of carbonyl (C=O) groups excluding carboxylic acids is 2. The number of aromatic nitrogens is 4. The summed E-state index contributed by atoms with van der Waals surface area (Å²) in [5.41, 5.74) is 5.45. The Morgan fingerprint density at radius 1 is 1.24 bits per heavy atom. The minimum Gasteiger partial charge on any atom is -0.383 e. The molecule has 3 aromatic heterocycles. The average molecular weight is 535 g/mol. The van der Waals surface area contributed by atoms with E-state index in [1.165, 1.54) is 24.3 Å². The van der Waals surface area contributed by atoms with Gasteiger partial charge in [-0.1, -0.05) is 17.4 Å². The lowest BCUT2D eigenvalue weighted by molar-refractivity contribution is -0.114. The van der Waals surface area contributed by atoms with Crippen molar-refractivity contribution in [2.75, 3.05) is 25.6 Å². The lowest BCUT2D eigenvalue weighted by atomic mass is 9.95. The van der Waals surface area contributed by atoms with Gasteiger partial charge in [0, 0.05) is 56.2 Å². The molecule has 0 saturated carbocycles. The number of nitrogens with one attached hydrogen (secondary N) is 2. The Labute approximate surface area is 223 Å². The minimum atomic E-state index is -0.440. The molecule has 2 amide bonds. The van der Waals surface area contributed by atoms with Crippen molar-refractivity contribution < 1.29 is 18.7 Å². The Morgan fingerprint density at radius 3 is 2.84 bits per heavy atom. The highest BCUT2D eigenvalue weighted by molar-refractivity contribution is 7.19. The van der Waals surface area contributed by atoms with E-state index in [1.807, 2.05) is 16.8 Å². The molecule has 0 radical (unpaired) electrons. The van der Waals surface area contributed by atoms with Crippen LogP contribution in [0.5, 0.6) is 0 Å². The number of amides is 2. The number of hydrogen-bond acceptors (Lipinski definition) is 7. The van der Waals surface area contributed by atoms with E-state index in [4.69, 9.17) is 9.84 Å². The molecule has 0 saturated heterocycles. The van der Waals surface area contributed by atoms with E-state index in [9.17, 15) is 14.0 Å². The van der Waals surface area contributed by atoms with Crippen LogP contribution in [0.25, 0.3) is 21.8 Å². The van der Waals surface area contributed by atoms with Gasteiger partial charge >= 0.3 is 0 Å². The lowest BCUT2D eigenvalue weighted by Crippen LogP contribution is -2.27. The van der Waals surface area contributed by atoms with Crippen LogP contribution >= 0.6 is 11.3 Å². The summed E-state index contributed by atoms with van der Waals surface area (Å²) in [4.78, 5) is 33.7. The van der Waals surface area contributed by atoms with E-state index < -0.39 is 5.82 Å². The quantitative estimate of drug-likeness (QED) is 0.315. The van der Waals surface area contributed by atoms with Gasteiger partial charge in [-0.05, 0) is 49.1 Å². The summed E-state index contributed by atoms with van der Waals surface area (Å²) < 4.78 is 21.8. The molecule has 0 aliphatic heterocycles. The number of anilines is 1. The molecular weight excluding hydrogens is 507 g/mol. The molecule has 5 rings (SSSR count). The second-order valence-corrected chi connectivity index (χ2v) is 9.92. The summed E-state index contributed by atoms with van der Waals surface area (Å²) in [6.45, 7) is 2.62. The molecule has 3 heterocycles. The van der Waals surface area contributed by atoms with Gasteiger partial charge in [-0.3, -0.25) is 19.3 Å². The van der Waals surface area contributed by atoms with Crippen LogP contribution in [0.15, 0.2) is 42.7 Å². The third-order valence-electron chi connectivity index (χ3n) is 6.29. The van der Waals surface area contributed by atoms with Gasteiger partial charge in [0.1, 0.15) is 5.82 Å². The van der Waals surface area contributed by atoms with Crippen molar-refractivity contribution in [2.45, 2.75) is 32.7 Å². The molecule has 0 fully saturated rings. The number of fused-ring (bicyclic) bond motifs is 3. The Balaban J connectivity index is 1.44. The van der Waals surface area contributed by atoms with E-state index in [0.717, 1.165) is 45.9 Å². The first-order chi connectivity index (χ1) is 18.4. The van der Waals surface area contributed by atoms with Gasteiger partial charge in [0.05, 0.1) is 28.6 Å². The van der Waals surface area contributed by atoms with Gasteiger partial charge in [-0.15, -0.1) is 0 Å². The van der Waals surface area contributed by atoms with Crippen LogP contribution in [-0.4, -0.2) is 51.8 Å². The van der Waals surface area contributed by atoms with E-state index in [0.29, 0.717) is 36.8 Å². The first-order valence-corrected chi connectivity index (χ1v) is 13.1. The van der Waals surface area contributed by atoms with Crippen molar-refractivity contribution in [2.24, 2.45) is 0 Å². The maximum absolute atomic E-state index is 15.0. The highest BCUT2D eigenvalue weighted by atomic mass is 32.1. The number of hydrogen-bond donors (Lipinski definition) is 2. The number of pyridine rings is 1. The molecule has 4 aromatic rings. The number of methoxy groups -OCH3 is 1. The van der Waals surface area contributed by atoms with Crippen LogP contribution in [0.1, 0.15) is 34.1 Å². The molecule has 196 valence electrons. The topological polar surface area (TPSA) is 111 Å². The highest BCUT2D eigenvalue weighted by Crippen LogP contribution is 2.43. The number of rotatable bonds is 9. The maximum atomic E-state index is 15.0. The zero-order valence-electron chi connectivity index (χ0n) is 21.1. The SMILES string of the molecule is COCCNC(=O)c1ccc(CCn2nc(-c3cccnc3)c3c2-c2sc(NC(C)=O)nc2CC3)c(F)c1. The molecule has 1 aromatic carbocycles. The Morgan fingerprint density at radius 2 is 2.11 bits per heavy atom. The Bertz CT molecular complexity index is 1480. The van der Waals surface area contributed by atoms with Gasteiger partial charge < -0.3 is 15.4 Å². The van der Waals surface area contributed by atoms with Crippen molar-refractivity contribution in [3.05, 3.63) is 70.9 Å². The average Bonchev–Trinajstić information content (AvgIpc) is 3.48. The number of aryl methyl sites for hydroxylation is 3. The highest BCUT2D eigenvalue weighted by Gasteiger charge is 2.29. The monoisotopic (exact) mass is 534 g/mol. The lowest BCUT2D eigenvalue weighted by Gasteiger charge is -2.14. The molecule has 0 bridgehead atoms. The predicted octanol–water partition coefficient (Wildman–Crippen LogP) is 3.88. The van der Waals surface area contributed by atoms with Crippen LogP contribution < -0.4 is 10.6 Å². The van der Waals surface area contributed by atoms with E-state index in [2.05, 4.69) is 20.6 Å². The summed E-state index contributed by atoms with van der Waals surface area (Å²) in [5, 5.41) is 11.0. The van der Waals surface area contributed by atoms with Gasteiger partial charge in [-0.2, -0.15) is 5.10 Å². The van der Waals surface area contributed by atoms with Gasteiger partial charge in [-0.25, -0.2) is 9.37 Å². The number of benzene rings is 1. The third-order valence-corrected chi connectivity index (χ3v) is 7.31. The first kappa shape index (κ1) is 25.7. The molecular formula is C27H27FN6O3S. The number of nitrogens with zero attached hydrogens (tertiary/aromatic N) is 4. The third kappa shape index (κ3) is 5.34. The van der Waals surface area contributed by atoms with Crippen molar-refractivity contribution >= 4 is 28.3 Å². The summed E-state index contributed by atoms with van der Waals surface area (Å²) in [6.07, 6.45) is 5.37. The van der Waals surface area contributed by atoms with Crippen LogP contribution in [0, 0.1) is 5.82 Å². The number of ether oxygens (including phenoxy) is 1. The van der Waals surface area contributed by atoms with Crippen molar-refractivity contribution in [1.82, 2.24) is 25.1 Å². The molecule has 1 aliphatic carbocycles. The molecule has 2 N–H and O–H groups in total. The first-order valence-electron chi connectivity index (χ1n) is 12.3. The summed E-state index contributed by atoms with van der Waals surface area (Å²) in [6, 6.07) is 8.38. The molecule has 9 nitrogen and oxygen atoms in total. The molecule has 0 spiro atoms. The summed E-state index contributed by atoms with van der Waals surface area (Å²) >= 11 is 1.42. The number of halogens is 1. The standard InChI is InChI=1S/C27H27FN6O3S/c1-16(35)31-27-32-22-8-7-20-23(19-4-3-10-29-15-19)33-34(24(20)25(22)38-27)12-9-17-5-6-18(14-21(17)28)26(36)30-11-13-37-2/h3-6,10,14-15H,7-9,11-13H2,1-2H3,(H,30,36)(H,31,32,35). The molecule has 0 atom stereocenters. The molecule has 11 heteroatoms. The van der Waals surface area contributed by atoms with Crippen molar-refractivity contribution in [3.8, 4) is 21.8 Å². The predicted molar refractivity (Wildman–Crippen MR) is 143 cm³/mol. The zero-order chi connectivity index (χ0) is 26.6. The zero-order valence-corrected chi connectivity index (χ0v) is 21.9. The van der Waals surface area contributed by atoms with Crippen LogP contribution in [0.2, 0.25) is 0 Å². The van der Waals surface area contributed by atoms with Gasteiger partial charge in [0.25, 0.3) is 5.91 Å². The number of carbonyl (C=O) groups is 2. The fraction of sp³-hybridized carbons (Fsp3) is 0.296. The van der Waals surface area contributed by atoms with Crippen LogP contribution in [0.3, 0.4) is 0 Å². The summed E-state index contributed by atoms with van der Waals surface area (Å²) in [7, 11) is 1.55. The molecule has 38 heavy (non-hydrogen) atoms.